The first-order chi connectivity index (χ1) is 9.88. The van der Waals surface area contributed by atoms with Crippen molar-refractivity contribution >= 4 is 11.6 Å². The summed E-state index contributed by atoms with van der Waals surface area (Å²) in [6.07, 6.45) is 1.40. The van der Waals surface area contributed by atoms with Gasteiger partial charge in [-0.05, 0) is 6.07 Å². The topological polar surface area (TPSA) is 103 Å². The second-order valence-corrected chi connectivity index (χ2v) is 4.06. The van der Waals surface area contributed by atoms with E-state index in [0.717, 1.165) is 0 Å². The second kappa shape index (κ2) is 5.61. The Labute approximate surface area is 116 Å². The maximum absolute atomic E-state index is 13.8. The predicted octanol–water partition coefficient (Wildman–Crippen LogP) is 0.931. The molecular weight excluding hydrogens is 288 g/mol. The van der Waals surface area contributed by atoms with Gasteiger partial charge in [-0.15, -0.1) is 0 Å². The summed E-state index contributed by atoms with van der Waals surface area (Å²) in [7, 11) is 1.62. The van der Waals surface area contributed by atoms with Crippen molar-refractivity contribution in [2.75, 3.05) is 0 Å². The number of benzene rings is 1. The molecule has 1 heterocycles. The third-order valence-electron chi connectivity index (χ3n) is 2.51. The summed E-state index contributed by atoms with van der Waals surface area (Å²) in [6, 6.07) is 0.996. The van der Waals surface area contributed by atoms with E-state index >= 15 is 0 Å². The summed E-state index contributed by atoms with van der Waals surface area (Å²) in [4.78, 5) is 25.1. The Kier molecular flexibility index (Phi) is 3.87. The smallest absolute Gasteiger partial charge is 0.308 e. The zero-order valence-electron chi connectivity index (χ0n) is 10.7. The summed E-state index contributed by atoms with van der Waals surface area (Å²) >= 11 is 0. The van der Waals surface area contributed by atoms with E-state index in [0.29, 0.717) is 12.1 Å². The normalized spacial score (nSPS) is 10.4. The van der Waals surface area contributed by atoms with Gasteiger partial charge in [0.25, 0.3) is 5.91 Å². The zero-order chi connectivity index (χ0) is 15.6. The number of nitro benzene ring substituents is 1. The monoisotopic (exact) mass is 297 g/mol. The van der Waals surface area contributed by atoms with Crippen LogP contribution in [0.3, 0.4) is 0 Å². The molecular formula is C11H9F2N5O3. The van der Waals surface area contributed by atoms with Crippen LogP contribution in [-0.4, -0.2) is 25.6 Å². The van der Waals surface area contributed by atoms with Gasteiger partial charge in [-0.2, -0.15) is 9.49 Å². The zero-order valence-corrected chi connectivity index (χ0v) is 10.7. The SMILES string of the molecule is Cn1cnc(CNC(=O)c2cc(F)cc([N+](=O)[O-])c2F)n1. The molecule has 110 valence electrons. The molecule has 0 aliphatic carbocycles. The van der Waals surface area contributed by atoms with E-state index in [-0.39, 0.29) is 12.4 Å². The molecule has 0 saturated carbocycles. The number of aryl methyl sites for hydroxylation is 1. The molecule has 0 fully saturated rings. The first kappa shape index (κ1) is 14.5. The summed E-state index contributed by atoms with van der Waals surface area (Å²) < 4.78 is 28.4. The fourth-order valence-corrected chi connectivity index (χ4v) is 1.59. The third-order valence-corrected chi connectivity index (χ3v) is 2.51. The maximum Gasteiger partial charge on any atom is 0.308 e. The standard InChI is InChI=1S/C11H9F2N5O3/c1-17-5-15-9(16-17)4-14-11(19)7-2-6(12)3-8(10(7)13)18(20)21/h2-3,5H,4H2,1H3,(H,14,19). The van der Waals surface area contributed by atoms with E-state index in [1.165, 1.54) is 11.0 Å². The minimum absolute atomic E-state index is 0.122. The predicted molar refractivity (Wildman–Crippen MR) is 65.2 cm³/mol. The van der Waals surface area contributed by atoms with Crippen molar-refractivity contribution in [3.8, 4) is 0 Å². The fraction of sp³-hybridized carbons (Fsp3) is 0.182. The van der Waals surface area contributed by atoms with Gasteiger partial charge in [0.2, 0.25) is 5.82 Å². The van der Waals surface area contributed by atoms with Crippen LogP contribution >= 0.6 is 0 Å². The molecule has 2 aromatic rings. The molecule has 1 aromatic heterocycles. The Morgan fingerprint density at radius 2 is 2.19 bits per heavy atom. The van der Waals surface area contributed by atoms with Crippen LogP contribution < -0.4 is 5.32 Å². The van der Waals surface area contributed by atoms with Gasteiger partial charge in [-0.1, -0.05) is 0 Å². The first-order valence-electron chi connectivity index (χ1n) is 5.64. The van der Waals surface area contributed by atoms with Gasteiger partial charge in [-0.3, -0.25) is 19.6 Å². The number of amides is 1. The largest absolute Gasteiger partial charge is 0.345 e. The van der Waals surface area contributed by atoms with E-state index in [1.54, 1.807) is 7.05 Å². The van der Waals surface area contributed by atoms with Crippen LogP contribution in [0.4, 0.5) is 14.5 Å². The van der Waals surface area contributed by atoms with E-state index in [2.05, 4.69) is 15.4 Å². The van der Waals surface area contributed by atoms with Crippen LogP contribution in [0, 0.1) is 21.7 Å². The van der Waals surface area contributed by atoms with Gasteiger partial charge in [-0.25, -0.2) is 9.37 Å². The Balaban J connectivity index is 2.21. The summed E-state index contributed by atoms with van der Waals surface area (Å²) in [5.41, 5.74) is -1.85. The fourth-order valence-electron chi connectivity index (χ4n) is 1.59. The lowest BCUT2D eigenvalue weighted by atomic mass is 10.1. The van der Waals surface area contributed by atoms with Gasteiger partial charge in [0, 0.05) is 7.05 Å². The second-order valence-electron chi connectivity index (χ2n) is 4.06. The van der Waals surface area contributed by atoms with Crippen LogP contribution in [-0.2, 0) is 13.6 Å². The lowest BCUT2D eigenvalue weighted by molar-refractivity contribution is -0.387. The van der Waals surface area contributed by atoms with Gasteiger partial charge in [0.05, 0.1) is 23.1 Å². The Bertz CT molecular complexity index is 716. The molecule has 1 amide bonds. The molecule has 8 nitrogen and oxygen atoms in total. The van der Waals surface area contributed by atoms with Crippen molar-refractivity contribution in [3.63, 3.8) is 0 Å². The first-order valence-corrected chi connectivity index (χ1v) is 5.64. The number of nitrogens with one attached hydrogen (secondary N) is 1. The van der Waals surface area contributed by atoms with Crippen molar-refractivity contribution < 1.29 is 18.5 Å². The molecule has 0 aliphatic heterocycles. The molecule has 0 aliphatic rings. The van der Waals surface area contributed by atoms with E-state index in [4.69, 9.17) is 0 Å². The van der Waals surface area contributed by atoms with Gasteiger partial charge >= 0.3 is 5.69 Å². The van der Waals surface area contributed by atoms with Crippen LogP contribution in [0.1, 0.15) is 16.2 Å². The number of nitrogens with zero attached hydrogens (tertiary/aromatic N) is 4. The number of nitro groups is 1. The van der Waals surface area contributed by atoms with Crippen LogP contribution in [0.15, 0.2) is 18.5 Å². The summed E-state index contributed by atoms with van der Waals surface area (Å²) in [6.45, 7) is -0.122. The highest BCUT2D eigenvalue weighted by atomic mass is 19.1. The van der Waals surface area contributed by atoms with Crippen LogP contribution in [0.2, 0.25) is 0 Å². The highest BCUT2D eigenvalue weighted by molar-refractivity contribution is 5.95. The molecule has 1 N–H and O–H groups in total. The average molecular weight is 297 g/mol. The minimum Gasteiger partial charge on any atom is -0.345 e. The van der Waals surface area contributed by atoms with E-state index < -0.39 is 33.7 Å². The lowest BCUT2D eigenvalue weighted by Crippen LogP contribution is -2.25. The summed E-state index contributed by atoms with van der Waals surface area (Å²) in [5, 5.41) is 16.7. The van der Waals surface area contributed by atoms with Crippen molar-refractivity contribution in [3.05, 3.63) is 51.6 Å². The number of carbonyl (C=O) groups is 1. The molecule has 0 bridgehead atoms. The van der Waals surface area contributed by atoms with Gasteiger partial charge in [0.15, 0.2) is 5.82 Å². The molecule has 0 atom stereocenters. The number of aromatic nitrogens is 3. The molecule has 21 heavy (non-hydrogen) atoms. The number of carbonyl (C=O) groups excluding carboxylic acids is 1. The third kappa shape index (κ3) is 3.16. The number of hydrogen-bond donors (Lipinski definition) is 1. The molecule has 1 aromatic carbocycles. The lowest BCUT2D eigenvalue weighted by Gasteiger charge is -2.05. The number of rotatable bonds is 4. The van der Waals surface area contributed by atoms with Gasteiger partial charge in [0.1, 0.15) is 12.1 Å². The van der Waals surface area contributed by atoms with Crippen molar-refractivity contribution in [1.82, 2.24) is 20.1 Å². The number of halogens is 2. The van der Waals surface area contributed by atoms with Crippen molar-refractivity contribution in [2.24, 2.45) is 7.05 Å². The molecule has 0 saturated heterocycles. The highest BCUT2D eigenvalue weighted by Crippen LogP contribution is 2.22. The average Bonchev–Trinajstić information content (AvgIpc) is 2.83. The molecule has 0 spiro atoms. The Hall–Kier alpha value is -2.91. The van der Waals surface area contributed by atoms with E-state index in [9.17, 15) is 23.7 Å². The molecule has 0 unspecified atom stereocenters. The molecule has 0 radical (unpaired) electrons. The van der Waals surface area contributed by atoms with Crippen molar-refractivity contribution in [1.29, 1.82) is 0 Å². The Morgan fingerprint density at radius 1 is 1.48 bits per heavy atom. The molecule has 2 rings (SSSR count). The highest BCUT2D eigenvalue weighted by Gasteiger charge is 2.24. The maximum atomic E-state index is 13.8. The van der Waals surface area contributed by atoms with Crippen molar-refractivity contribution in [2.45, 2.75) is 6.54 Å². The molecule has 10 heteroatoms. The number of hydrogen-bond acceptors (Lipinski definition) is 5. The van der Waals surface area contributed by atoms with Crippen LogP contribution in [0.25, 0.3) is 0 Å². The van der Waals surface area contributed by atoms with Crippen LogP contribution in [0.5, 0.6) is 0 Å². The van der Waals surface area contributed by atoms with Gasteiger partial charge < -0.3 is 5.32 Å². The summed E-state index contributed by atoms with van der Waals surface area (Å²) in [5.74, 6) is -3.21. The minimum atomic E-state index is -1.40. The Morgan fingerprint density at radius 3 is 2.76 bits per heavy atom. The quantitative estimate of drug-likeness (QED) is 0.668. The van der Waals surface area contributed by atoms with E-state index in [1.807, 2.05) is 0 Å².